The molecular formula is C37H58F2N6O3S2. The van der Waals surface area contributed by atoms with Crippen LogP contribution >= 0.6 is 24.5 Å². The fourth-order valence-electron chi connectivity index (χ4n) is 5.82. The molecule has 0 spiro atoms. The highest BCUT2D eigenvalue weighted by molar-refractivity contribution is 7.94. The van der Waals surface area contributed by atoms with Crippen molar-refractivity contribution in [2.45, 2.75) is 79.3 Å². The second-order valence-corrected chi connectivity index (χ2v) is 13.3. The van der Waals surface area contributed by atoms with Crippen molar-refractivity contribution in [3.63, 3.8) is 0 Å². The number of unbranched alkanes of at least 4 members (excludes halogenated alkanes) is 1. The number of fused-ring (bicyclic) bond motifs is 1. The molecule has 2 aliphatic rings. The van der Waals surface area contributed by atoms with Crippen molar-refractivity contribution in [3.8, 4) is 0 Å². The topological polar surface area (TPSA) is 98.3 Å². The molecule has 2 amide bonds. The van der Waals surface area contributed by atoms with E-state index >= 15 is 0 Å². The zero-order valence-electron chi connectivity index (χ0n) is 30.7. The average Bonchev–Trinajstić information content (AvgIpc) is 3.12. The van der Waals surface area contributed by atoms with Crippen LogP contribution in [-0.4, -0.2) is 97.8 Å². The van der Waals surface area contributed by atoms with Gasteiger partial charge in [0, 0.05) is 67.3 Å². The van der Waals surface area contributed by atoms with Crippen LogP contribution in [0.25, 0.3) is 0 Å². The molecule has 1 aromatic rings. The number of benzene rings is 1. The first-order valence-corrected chi connectivity index (χ1v) is 19.5. The summed E-state index contributed by atoms with van der Waals surface area (Å²) in [6.45, 7) is 17.7. The molecule has 3 unspecified atom stereocenters. The fraction of sp³-hybridized carbons (Fsp3) is 0.595. The van der Waals surface area contributed by atoms with Gasteiger partial charge in [0.15, 0.2) is 0 Å². The number of hydrogen-bond donors (Lipinski definition) is 3. The maximum absolute atomic E-state index is 12.8. The number of rotatable bonds is 21. The maximum atomic E-state index is 12.8. The van der Waals surface area contributed by atoms with E-state index in [-0.39, 0.29) is 42.1 Å². The molecule has 0 radical (unpaired) electrons. The molecule has 3 N–H and O–H groups in total. The van der Waals surface area contributed by atoms with Gasteiger partial charge < -0.3 is 20.3 Å². The normalized spacial score (nSPS) is 17.0. The van der Waals surface area contributed by atoms with Gasteiger partial charge in [-0.05, 0) is 63.9 Å². The van der Waals surface area contributed by atoms with Gasteiger partial charge in [-0.2, -0.15) is 3.89 Å². The van der Waals surface area contributed by atoms with Gasteiger partial charge in [0.1, 0.15) is 12.3 Å². The van der Waals surface area contributed by atoms with Gasteiger partial charge in [-0.1, -0.05) is 76.6 Å². The van der Waals surface area contributed by atoms with Crippen molar-refractivity contribution in [1.29, 1.82) is 0 Å². The Bertz CT molecular complexity index is 1280. The zero-order valence-corrected chi connectivity index (χ0v) is 32.3. The first-order valence-electron chi connectivity index (χ1n) is 17.9. The van der Waals surface area contributed by atoms with E-state index in [1.807, 2.05) is 77.1 Å². The van der Waals surface area contributed by atoms with Crippen molar-refractivity contribution in [3.05, 3.63) is 65.3 Å². The molecule has 1 aliphatic heterocycles. The molecule has 0 saturated heterocycles. The third-order valence-electron chi connectivity index (χ3n) is 8.71. The molecule has 50 heavy (non-hydrogen) atoms. The van der Waals surface area contributed by atoms with Crippen LogP contribution in [0.1, 0.15) is 64.5 Å². The van der Waals surface area contributed by atoms with Gasteiger partial charge in [0.25, 0.3) is 0 Å². The molecule has 0 aromatic heterocycles. The Labute approximate surface area is 307 Å². The minimum absolute atomic E-state index is 0.0228. The van der Waals surface area contributed by atoms with E-state index in [9.17, 15) is 17.4 Å². The Balaban J connectivity index is 0.000000358. The number of nitrogens with one attached hydrogen (secondary N) is 3. The van der Waals surface area contributed by atoms with Crippen molar-refractivity contribution < 1.29 is 22.1 Å². The van der Waals surface area contributed by atoms with Crippen molar-refractivity contribution in [2.75, 3.05) is 63.5 Å². The summed E-state index contributed by atoms with van der Waals surface area (Å²) in [6.07, 6.45) is 13.2. The number of nitrogens with zero attached hydrogens (tertiary/aromatic N) is 3. The van der Waals surface area contributed by atoms with Crippen molar-refractivity contribution in [2.24, 2.45) is 10.9 Å². The van der Waals surface area contributed by atoms with Crippen LogP contribution in [0.3, 0.4) is 0 Å². The summed E-state index contributed by atoms with van der Waals surface area (Å²) < 4.78 is 32.6. The van der Waals surface area contributed by atoms with E-state index in [2.05, 4.69) is 37.1 Å². The molecule has 0 bridgehead atoms. The van der Waals surface area contributed by atoms with Crippen LogP contribution in [0, 0.1) is 19.8 Å². The molecule has 1 heterocycles. The molecule has 3 atom stereocenters. The maximum Gasteiger partial charge on any atom is 0.248 e. The lowest BCUT2D eigenvalue weighted by atomic mass is 9.85. The first-order chi connectivity index (χ1) is 24.2. The van der Waals surface area contributed by atoms with E-state index in [1.165, 1.54) is 0 Å². The number of anilines is 1. The zero-order chi connectivity index (χ0) is 36.7. The highest BCUT2D eigenvalue weighted by atomic mass is 32.2. The number of likely N-dealkylation sites (N-methyl/N-ethyl adjacent to an activating group) is 2. The standard InChI is InChI=1S/C20H31FN4O2S.C17H27FN2OS/c1-3-5-14-27-19-15-17(16-8-6-7-9-18(16)24-19)20(26)22-10-12-25(4-2)13-11-23-28-21;1-5-15(20(6-2)11-8-12-22-18)17(21)19-16-13(3)9-7-10-14(16)4/h6-9,15-16,18,23H,3-5,10-14H2,1-2H3,(H,22,26);7,9-10,15H,5-6,8,11-12H2,1-4H3,(H,19,21). The van der Waals surface area contributed by atoms with Gasteiger partial charge in [-0.25, -0.2) is 9.71 Å². The third kappa shape index (κ3) is 14.9. The van der Waals surface area contributed by atoms with E-state index in [4.69, 9.17) is 4.74 Å². The Morgan fingerprint density at radius 2 is 1.70 bits per heavy atom. The first kappa shape index (κ1) is 43.5. The lowest BCUT2D eigenvalue weighted by Crippen LogP contribution is -2.44. The van der Waals surface area contributed by atoms with Crippen molar-refractivity contribution >= 4 is 47.9 Å². The third-order valence-corrected chi connectivity index (χ3v) is 9.46. The molecule has 1 aromatic carbocycles. The number of aryl methyl sites for hydroxylation is 2. The summed E-state index contributed by atoms with van der Waals surface area (Å²) in [4.78, 5) is 34.4. The number of aliphatic imine (C=N–C) groups is 1. The van der Waals surface area contributed by atoms with Crippen LogP contribution in [0.5, 0.6) is 0 Å². The lowest BCUT2D eigenvalue weighted by Gasteiger charge is -2.29. The Morgan fingerprint density at radius 3 is 2.34 bits per heavy atom. The highest BCUT2D eigenvalue weighted by Gasteiger charge is 2.31. The number of amides is 2. The predicted octanol–water partition coefficient (Wildman–Crippen LogP) is 7.16. The second kappa shape index (κ2) is 25.3. The van der Waals surface area contributed by atoms with Crippen LogP contribution < -0.4 is 15.4 Å². The van der Waals surface area contributed by atoms with Gasteiger partial charge >= 0.3 is 0 Å². The molecule has 0 saturated carbocycles. The second-order valence-electron chi connectivity index (χ2n) is 12.2. The number of dihydropyridines is 1. The molecule has 280 valence electrons. The Kier molecular flexibility index (Phi) is 22.0. The smallest absolute Gasteiger partial charge is 0.248 e. The average molecular weight is 737 g/mol. The molecular weight excluding hydrogens is 679 g/mol. The van der Waals surface area contributed by atoms with Gasteiger partial charge in [-0.15, -0.1) is 3.89 Å². The summed E-state index contributed by atoms with van der Waals surface area (Å²) in [7, 11) is 0. The number of ether oxygens (including phenoxy) is 1. The molecule has 13 heteroatoms. The van der Waals surface area contributed by atoms with E-state index in [1.54, 1.807) is 6.08 Å². The number of halogens is 2. The van der Waals surface area contributed by atoms with Gasteiger partial charge in [0.05, 0.1) is 18.7 Å². The van der Waals surface area contributed by atoms with Gasteiger partial charge in [0.2, 0.25) is 17.7 Å². The predicted molar refractivity (Wildman–Crippen MR) is 208 cm³/mol. The lowest BCUT2D eigenvalue weighted by molar-refractivity contribution is -0.121. The fourth-order valence-corrected chi connectivity index (χ4v) is 6.23. The largest absolute Gasteiger partial charge is 0.478 e. The molecule has 9 nitrogen and oxygen atoms in total. The Hall–Kier alpha value is -2.71. The summed E-state index contributed by atoms with van der Waals surface area (Å²) in [5.41, 5.74) is 3.73. The quantitative estimate of drug-likeness (QED) is 0.0904. The Morgan fingerprint density at radius 1 is 0.980 bits per heavy atom. The number of carbonyl (C=O) groups is 2. The van der Waals surface area contributed by atoms with Crippen LogP contribution in [-0.2, 0) is 14.3 Å². The molecule has 1 aliphatic carbocycles. The van der Waals surface area contributed by atoms with Crippen LogP contribution in [0.15, 0.2) is 59.1 Å². The minimum atomic E-state index is -0.173. The summed E-state index contributed by atoms with van der Waals surface area (Å²) in [6, 6.07) is 5.72. The van der Waals surface area contributed by atoms with E-state index in [0.717, 1.165) is 68.7 Å². The SMILES string of the molecule is CCC(C(=O)Nc1c(C)cccc1C)N(CC)CCCSF.CCCCOC1=NC2C=CC=CC2C(C(=O)NCCN(CC)CCNSF)=C1. The summed E-state index contributed by atoms with van der Waals surface area (Å²) in [5, 5.41) is 6.09. The monoisotopic (exact) mass is 736 g/mol. The number of hydrogen-bond acceptors (Lipinski definition) is 9. The van der Waals surface area contributed by atoms with Crippen LogP contribution in [0.2, 0.25) is 0 Å². The summed E-state index contributed by atoms with van der Waals surface area (Å²) >= 11 is 0.491. The number of allylic oxidation sites excluding steroid dienone is 2. The molecule has 0 fully saturated rings. The number of para-hydroxylation sites is 1. The van der Waals surface area contributed by atoms with Gasteiger partial charge in [-0.3, -0.25) is 14.5 Å². The van der Waals surface area contributed by atoms with E-state index < -0.39 is 0 Å². The minimum Gasteiger partial charge on any atom is -0.478 e. The molecule has 3 rings (SSSR count). The van der Waals surface area contributed by atoms with Crippen molar-refractivity contribution in [1.82, 2.24) is 19.8 Å². The summed E-state index contributed by atoms with van der Waals surface area (Å²) in [5.74, 6) is 0.886. The highest BCUT2D eigenvalue weighted by Crippen LogP contribution is 2.28. The number of carbonyl (C=O) groups excluding carboxylic acids is 2. The van der Waals surface area contributed by atoms with Crippen LogP contribution in [0.4, 0.5) is 13.5 Å². The van der Waals surface area contributed by atoms with E-state index in [0.29, 0.717) is 55.6 Å².